The van der Waals surface area contributed by atoms with Crippen molar-refractivity contribution in [3.63, 3.8) is 0 Å². The Balaban J connectivity index is 1.75. The zero-order valence-electron chi connectivity index (χ0n) is 13.6. The number of nitro benzene ring substituents is 1. The SMILES string of the molecule is CC(C(=O)Nc1ccccc1[N+](=O)[O-])N1CCc2nc[nH]c(=O)c2C1. The van der Waals surface area contributed by atoms with E-state index in [2.05, 4.69) is 15.3 Å². The molecule has 1 aliphatic rings. The van der Waals surface area contributed by atoms with E-state index in [9.17, 15) is 19.7 Å². The molecule has 3 rings (SSSR count). The number of carbonyl (C=O) groups is 1. The Kier molecular flexibility index (Phi) is 4.57. The fourth-order valence-electron chi connectivity index (χ4n) is 2.85. The van der Waals surface area contributed by atoms with Crippen molar-refractivity contribution in [2.45, 2.75) is 25.9 Å². The van der Waals surface area contributed by atoms with Gasteiger partial charge in [0.15, 0.2) is 0 Å². The largest absolute Gasteiger partial charge is 0.319 e. The standard InChI is InChI=1S/C16H17N5O4/c1-10(15(22)19-13-4-2-3-5-14(13)21(24)25)20-7-6-12-11(8-20)16(23)18-9-17-12/h2-5,9-10H,6-8H2,1H3,(H,19,22)(H,17,18,23). The van der Waals surface area contributed by atoms with Gasteiger partial charge in [0, 0.05) is 25.6 Å². The average molecular weight is 343 g/mol. The van der Waals surface area contributed by atoms with Gasteiger partial charge in [0.05, 0.1) is 28.5 Å². The maximum Gasteiger partial charge on any atom is 0.292 e. The number of fused-ring (bicyclic) bond motifs is 1. The van der Waals surface area contributed by atoms with Gasteiger partial charge in [-0.1, -0.05) is 12.1 Å². The molecule has 1 atom stereocenters. The number of aromatic amines is 1. The van der Waals surface area contributed by atoms with Gasteiger partial charge < -0.3 is 10.3 Å². The van der Waals surface area contributed by atoms with Gasteiger partial charge in [-0.2, -0.15) is 0 Å². The molecule has 0 spiro atoms. The molecule has 9 heteroatoms. The quantitative estimate of drug-likeness (QED) is 0.632. The number of amides is 1. The van der Waals surface area contributed by atoms with Crippen LogP contribution in [0.2, 0.25) is 0 Å². The van der Waals surface area contributed by atoms with Gasteiger partial charge in [0.25, 0.3) is 11.2 Å². The van der Waals surface area contributed by atoms with Gasteiger partial charge in [0.2, 0.25) is 5.91 Å². The lowest BCUT2D eigenvalue weighted by Crippen LogP contribution is -2.46. The molecule has 2 heterocycles. The summed E-state index contributed by atoms with van der Waals surface area (Å²) in [6.45, 7) is 2.60. The summed E-state index contributed by atoms with van der Waals surface area (Å²) in [5.41, 5.74) is 1.08. The minimum atomic E-state index is -0.549. The number of benzene rings is 1. The summed E-state index contributed by atoms with van der Waals surface area (Å²) >= 11 is 0. The van der Waals surface area contributed by atoms with Crippen LogP contribution in [0.4, 0.5) is 11.4 Å². The second-order valence-corrected chi connectivity index (χ2v) is 5.82. The average Bonchev–Trinajstić information content (AvgIpc) is 2.61. The summed E-state index contributed by atoms with van der Waals surface area (Å²) in [4.78, 5) is 43.5. The number of nitrogens with zero attached hydrogens (tertiary/aromatic N) is 3. The molecular weight excluding hydrogens is 326 g/mol. The highest BCUT2D eigenvalue weighted by Gasteiger charge is 2.28. The van der Waals surface area contributed by atoms with Crippen LogP contribution in [0.25, 0.3) is 0 Å². The summed E-state index contributed by atoms with van der Waals surface area (Å²) < 4.78 is 0. The Labute approximate surface area is 142 Å². The molecular formula is C16H17N5O4. The van der Waals surface area contributed by atoms with E-state index in [4.69, 9.17) is 0 Å². The van der Waals surface area contributed by atoms with Crippen molar-refractivity contribution in [2.75, 3.05) is 11.9 Å². The molecule has 1 unspecified atom stereocenters. The first kappa shape index (κ1) is 16.8. The second kappa shape index (κ2) is 6.81. The van der Waals surface area contributed by atoms with E-state index in [0.717, 1.165) is 5.69 Å². The van der Waals surface area contributed by atoms with Crippen LogP contribution < -0.4 is 10.9 Å². The Morgan fingerprint density at radius 1 is 1.44 bits per heavy atom. The Bertz CT molecular complexity index is 879. The molecule has 0 aliphatic carbocycles. The highest BCUT2D eigenvalue weighted by Crippen LogP contribution is 2.24. The van der Waals surface area contributed by atoms with E-state index in [1.165, 1.54) is 24.5 Å². The topological polar surface area (TPSA) is 121 Å². The number of rotatable bonds is 4. The highest BCUT2D eigenvalue weighted by atomic mass is 16.6. The number of hydrogen-bond donors (Lipinski definition) is 2. The van der Waals surface area contributed by atoms with Crippen molar-refractivity contribution in [3.8, 4) is 0 Å². The van der Waals surface area contributed by atoms with Gasteiger partial charge >= 0.3 is 0 Å². The molecule has 9 nitrogen and oxygen atoms in total. The molecule has 0 radical (unpaired) electrons. The van der Waals surface area contributed by atoms with Gasteiger partial charge in [0.1, 0.15) is 5.69 Å². The lowest BCUT2D eigenvalue weighted by Gasteiger charge is -2.31. The van der Waals surface area contributed by atoms with E-state index in [1.807, 2.05) is 4.90 Å². The third-order valence-corrected chi connectivity index (χ3v) is 4.32. The van der Waals surface area contributed by atoms with Crippen LogP contribution >= 0.6 is 0 Å². The monoisotopic (exact) mass is 343 g/mol. The fourth-order valence-corrected chi connectivity index (χ4v) is 2.85. The summed E-state index contributed by atoms with van der Waals surface area (Å²) in [5.74, 6) is -0.363. The number of carbonyl (C=O) groups excluding carboxylic acids is 1. The molecule has 1 aliphatic heterocycles. The fraction of sp³-hybridized carbons (Fsp3) is 0.312. The first-order chi connectivity index (χ1) is 12.0. The van der Waals surface area contributed by atoms with Crippen LogP contribution in [0.1, 0.15) is 18.2 Å². The van der Waals surface area contributed by atoms with E-state index in [0.29, 0.717) is 25.1 Å². The zero-order chi connectivity index (χ0) is 18.0. The summed E-state index contributed by atoms with van der Waals surface area (Å²) in [6, 6.07) is 5.44. The van der Waals surface area contributed by atoms with Crippen molar-refractivity contribution in [2.24, 2.45) is 0 Å². The zero-order valence-corrected chi connectivity index (χ0v) is 13.6. The molecule has 0 bridgehead atoms. The summed E-state index contributed by atoms with van der Waals surface area (Å²) in [6.07, 6.45) is 1.95. The van der Waals surface area contributed by atoms with Crippen molar-refractivity contribution in [1.82, 2.24) is 14.9 Å². The third kappa shape index (κ3) is 3.41. The van der Waals surface area contributed by atoms with Gasteiger partial charge in [-0.15, -0.1) is 0 Å². The number of nitrogens with one attached hydrogen (secondary N) is 2. The molecule has 130 valence electrons. The van der Waals surface area contributed by atoms with Crippen molar-refractivity contribution in [3.05, 3.63) is 62.3 Å². The van der Waals surface area contributed by atoms with Crippen LogP contribution in [0, 0.1) is 10.1 Å². The van der Waals surface area contributed by atoms with Crippen LogP contribution in [-0.2, 0) is 17.8 Å². The summed E-state index contributed by atoms with van der Waals surface area (Å²) in [5, 5.41) is 13.7. The van der Waals surface area contributed by atoms with Gasteiger partial charge in [-0.25, -0.2) is 4.98 Å². The molecule has 0 saturated carbocycles. The van der Waals surface area contributed by atoms with E-state index >= 15 is 0 Å². The second-order valence-electron chi connectivity index (χ2n) is 5.82. The lowest BCUT2D eigenvalue weighted by molar-refractivity contribution is -0.383. The minimum absolute atomic E-state index is 0.154. The van der Waals surface area contributed by atoms with Gasteiger partial charge in [-0.3, -0.25) is 24.6 Å². The minimum Gasteiger partial charge on any atom is -0.319 e. The third-order valence-electron chi connectivity index (χ3n) is 4.32. The molecule has 2 N–H and O–H groups in total. The van der Waals surface area contributed by atoms with Crippen molar-refractivity contribution in [1.29, 1.82) is 0 Å². The van der Waals surface area contributed by atoms with Crippen LogP contribution in [-0.4, -0.2) is 38.3 Å². The van der Waals surface area contributed by atoms with E-state index in [1.54, 1.807) is 13.0 Å². The molecule has 25 heavy (non-hydrogen) atoms. The van der Waals surface area contributed by atoms with Gasteiger partial charge in [-0.05, 0) is 13.0 Å². The van der Waals surface area contributed by atoms with Crippen molar-refractivity contribution < 1.29 is 9.72 Å². The maximum absolute atomic E-state index is 12.5. The number of H-pyrrole nitrogens is 1. The Morgan fingerprint density at radius 2 is 2.20 bits per heavy atom. The number of hydrogen-bond acceptors (Lipinski definition) is 6. The highest BCUT2D eigenvalue weighted by molar-refractivity contribution is 5.96. The molecule has 0 fully saturated rings. The van der Waals surface area contributed by atoms with Crippen LogP contribution in [0.5, 0.6) is 0 Å². The Morgan fingerprint density at radius 3 is 2.96 bits per heavy atom. The molecule has 1 aromatic carbocycles. The summed E-state index contributed by atoms with van der Waals surface area (Å²) in [7, 11) is 0. The van der Waals surface area contributed by atoms with Crippen molar-refractivity contribution >= 4 is 17.3 Å². The molecule has 0 saturated heterocycles. The van der Waals surface area contributed by atoms with Crippen LogP contribution in [0.3, 0.4) is 0 Å². The molecule has 1 aromatic heterocycles. The van der Waals surface area contributed by atoms with E-state index < -0.39 is 11.0 Å². The number of aromatic nitrogens is 2. The van der Waals surface area contributed by atoms with Crippen LogP contribution in [0.15, 0.2) is 35.4 Å². The maximum atomic E-state index is 12.5. The first-order valence-electron chi connectivity index (χ1n) is 7.81. The number of para-hydroxylation sites is 2. The smallest absolute Gasteiger partial charge is 0.292 e. The Hall–Kier alpha value is -3.07. The van der Waals surface area contributed by atoms with E-state index in [-0.39, 0.29) is 22.8 Å². The predicted molar refractivity (Wildman–Crippen MR) is 90.2 cm³/mol. The first-order valence-corrected chi connectivity index (χ1v) is 7.81. The molecule has 1 amide bonds. The normalized spacial score (nSPS) is 15.2. The number of anilines is 1. The lowest BCUT2D eigenvalue weighted by atomic mass is 10.1. The predicted octanol–water partition coefficient (Wildman–Crippen LogP) is 1.06. The number of nitro groups is 1. The molecule has 2 aromatic rings.